The van der Waals surface area contributed by atoms with Crippen molar-refractivity contribution in [3.63, 3.8) is 0 Å². The molecule has 1 fully saturated rings. The molecule has 1 saturated carbocycles. The fourth-order valence-corrected chi connectivity index (χ4v) is 3.04. The largest absolute Gasteiger partial charge is 0.495 e. The predicted molar refractivity (Wildman–Crippen MR) is 70.6 cm³/mol. The highest BCUT2D eigenvalue weighted by Gasteiger charge is 2.49. The quantitative estimate of drug-likeness (QED) is 0.913. The number of aliphatic carboxylic acids is 1. The molecule has 1 aromatic rings. The van der Waals surface area contributed by atoms with E-state index < -0.39 is 11.4 Å². The summed E-state index contributed by atoms with van der Waals surface area (Å²) in [5, 5.41) is 10.1. The molecule has 0 bridgehead atoms. The van der Waals surface area contributed by atoms with E-state index in [9.17, 15) is 9.90 Å². The number of carbonyl (C=O) groups is 1. The highest BCUT2D eigenvalue weighted by molar-refractivity contribution is 6.33. The lowest BCUT2D eigenvalue weighted by atomic mass is 9.63. The van der Waals surface area contributed by atoms with Crippen molar-refractivity contribution in [2.75, 3.05) is 7.11 Å². The Labute approximate surface area is 112 Å². The van der Waals surface area contributed by atoms with Gasteiger partial charge in [0.25, 0.3) is 0 Å². The van der Waals surface area contributed by atoms with Crippen LogP contribution in [0.15, 0.2) is 6.07 Å². The van der Waals surface area contributed by atoms with E-state index in [4.69, 9.17) is 16.3 Å². The summed E-state index contributed by atoms with van der Waals surface area (Å²) in [7, 11) is 1.54. The van der Waals surface area contributed by atoms with Crippen molar-refractivity contribution in [3.05, 3.63) is 27.8 Å². The lowest BCUT2D eigenvalue weighted by molar-refractivity contribution is -0.147. The van der Waals surface area contributed by atoms with Crippen LogP contribution in [0.3, 0.4) is 0 Å². The highest BCUT2D eigenvalue weighted by atomic mass is 35.5. The minimum atomic E-state index is -0.813. The number of carboxylic acids is 1. The zero-order chi connectivity index (χ0) is 13.5. The van der Waals surface area contributed by atoms with Gasteiger partial charge in [-0.25, -0.2) is 0 Å². The van der Waals surface area contributed by atoms with E-state index in [1.54, 1.807) is 0 Å². The van der Waals surface area contributed by atoms with Crippen LogP contribution in [0.1, 0.15) is 36.0 Å². The van der Waals surface area contributed by atoms with Gasteiger partial charge in [0.1, 0.15) is 5.75 Å². The van der Waals surface area contributed by atoms with Crippen LogP contribution in [0.25, 0.3) is 0 Å². The SMILES string of the molecule is COc1c(Cl)c(C)cc(C)c1C1(C(=O)O)CCC1. The van der Waals surface area contributed by atoms with Crippen molar-refractivity contribution < 1.29 is 14.6 Å². The van der Waals surface area contributed by atoms with E-state index in [1.165, 1.54) is 7.11 Å². The summed E-state index contributed by atoms with van der Waals surface area (Å²) < 4.78 is 5.37. The van der Waals surface area contributed by atoms with Crippen LogP contribution >= 0.6 is 11.6 Å². The number of carboxylic acid groups (broad SMARTS) is 1. The predicted octanol–water partition coefficient (Wildman–Crippen LogP) is 3.47. The molecular weight excluding hydrogens is 252 g/mol. The van der Waals surface area contributed by atoms with Gasteiger partial charge in [0.05, 0.1) is 17.5 Å². The Morgan fingerprint density at radius 2 is 2.00 bits per heavy atom. The first kappa shape index (κ1) is 13.2. The van der Waals surface area contributed by atoms with Gasteiger partial charge in [0.15, 0.2) is 0 Å². The molecular formula is C14H17ClO3. The fraction of sp³-hybridized carbons (Fsp3) is 0.500. The average Bonchev–Trinajstić information content (AvgIpc) is 2.23. The number of rotatable bonds is 3. The second kappa shape index (κ2) is 4.47. The minimum Gasteiger partial charge on any atom is -0.495 e. The third-order valence-electron chi connectivity index (χ3n) is 3.90. The van der Waals surface area contributed by atoms with Crippen molar-refractivity contribution in [2.45, 2.75) is 38.5 Å². The lowest BCUT2D eigenvalue weighted by Crippen LogP contribution is -2.43. The van der Waals surface area contributed by atoms with E-state index in [0.717, 1.165) is 23.1 Å². The van der Waals surface area contributed by atoms with E-state index in [0.29, 0.717) is 23.6 Å². The van der Waals surface area contributed by atoms with Gasteiger partial charge in [-0.1, -0.05) is 24.1 Å². The molecule has 18 heavy (non-hydrogen) atoms. The zero-order valence-corrected chi connectivity index (χ0v) is 11.6. The van der Waals surface area contributed by atoms with Crippen molar-refractivity contribution in [1.82, 2.24) is 0 Å². The van der Waals surface area contributed by atoms with E-state index in [1.807, 2.05) is 19.9 Å². The molecule has 0 aromatic heterocycles. The van der Waals surface area contributed by atoms with Gasteiger partial charge in [0, 0.05) is 5.56 Å². The Bertz CT molecular complexity index is 504. The standard InChI is InChI=1S/C14H17ClO3/c1-8-7-9(2)11(15)12(18-3)10(8)14(13(16)17)5-4-6-14/h7H,4-6H2,1-3H3,(H,16,17). The average molecular weight is 269 g/mol. The topological polar surface area (TPSA) is 46.5 Å². The monoisotopic (exact) mass is 268 g/mol. The molecule has 0 radical (unpaired) electrons. The van der Waals surface area contributed by atoms with Crippen LogP contribution in [0.2, 0.25) is 5.02 Å². The smallest absolute Gasteiger partial charge is 0.314 e. The molecule has 2 rings (SSSR count). The Morgan fingerprint density at radius 3 is 2.39 bits per heavy atom. The minimum absolute atomic E-state index is 0.519. The van der Waals surface area contributed by atoms with Gasteiger partial charge in [-0.05, 0) is 37.8 Å². The fourth-order valence-electron chi connectivity index (χ4n) is 2.82. The number of benzene rings is 1. The summed E-state index contributed by atoms with van der Waals surface area (Å²) >= 11 is 6.24. The Kier molecular flexibility index (Phi) is 3.28. The molecule has 1 aliphatic carbocycles. The van der Waals surface area contributed by atoms with Gasteiger partial charge in [0.2, 0.25) is 0 Å². The van der Waals surface area contributed by atoms with Crippen LogP contribution in [0, 0.1) is 13.8 Å². The van der Waals surface area contributed by atoms with Crippen molar-refractivity contribution in [3.8, 4) is 5.75 Å². The molecule has 0 unspecified atom stereocenters. The Morgan fingerprint density at radius 1 is 1.39 bits per heavy atom. The first-order valence-corrected chi connectivity index (χ1v) is 6.39. The second-order valence-corrected chi connectivity index (χ2v) is 5.35. The lowest BCUT2D eigenvalue weighted by Gasteiger charge is -2.40. The van der Waals surface area contributed by atoms with Crippen LogP contribution in [-0.4, -0.2) is 18.2 Å². The van der Waals surface area contributed by atoms with E-state index in [2.05, 4.69) is 0 Å². The maximum Gasteiger partial charge on any atom is 0.314 e. The van der Waals surface area contributed by atoms with E-state index in [-0.39, 0.29) is 0 Å². The molecule has 3 nitrogen and oxygen atoms in total. The molecule has 0 aliphatic heterocycles. The number of ether oxygens (including phenoxy) is 1. The summed E-state index contributed by atoms with van der Waals surface area (Å²) in [5.41, 5.74) is 1.79. The maximum absolute atomic E-state index is 11.6. The van der Waals surface area contributed by atoms with Gasteiger partial charge in [-0.2, -0.15) is 0 Å². The third-order valence-corrected chi connectivity index (χ3v) is 4.37. The number of aryl methyl sites for hydroxylation is 2. The highest BCUT2D eigenvalue weighted by Crippen LogP contribution is 2.51. The number of halogens is 1. The first-order chi connectivity index (χ1) is 8.44. The van der Waals surface area contributed by atoms with Crippen LogP contribution in [0.4, 0.5) is 0 Å². The summed E-state index contributed by atoms with van der Waals surface area (Å²) in [6.45, 7) is 3.82. The molecule has 0 saturated heterocycles. The normalized spacial score (nSPS) is 17.1. The Balaban J connectivity index is 2.70. The molecule has 4 heteroatoms. The summed E-state index contributed by atoms with van der Waals surface area (Å²) in [5.74, 6) is -0.258. The maximum atomic E-state index is 11.6. The summed E-state index contributed by atoms with van der Waals surface area (Å²) in [6, 6.07) is 1.93. The third kappa shape index (κ3) is 1.69. The van der Waals surface area contributed by atoms with E-state index >= 15 is 0 Å². The van der Waals surface area contributed by atoms with Crippen molar-refractivity contribution in [2.24, 2.45) is 0 Å². The summed E-state index contributed by atoms with van der Waals surface area (Å²) in [4.78, 5) is 11.6. The first-order valence-electron chi connectivity index (χ1n) is 6.01. The molecule has 1 N–H and O–H groups in total. The van der Waals surface area contributed by atoms with Crippen LogP contribution < -0.4 is 4.74 Å². The second-order valence-electron chi connectivity index (χ2n) is 4.97. The summed E-state index contributed by atoms with van der Waals surface area (Å²) in [6.07, 6.45) is 2.23. The van der Waals surface area contributed by atoms with Crippen LogP contribution in [0.5, 0.6) is 5.75 Å². The van der Waals surface area contributed by atoms with Crippen LogP contribution in [-0.2, 0) is 10.2 Å². The molecule has 0 spiro atoms. The molecule has 0 atom stereocenters. The van der Waals surface area contributed by atoms with Gasteiger partial charge in [-0.15, -0.1) is 0 Å². The molecule has 0 amide bonds. The number of hydrogen-bond donors (Lipinski definition) is 1. The van der Waals surface area contributed by atoms with Crippen molar-refractivity contribution in [1.29, 1.82) is 0 Å². The van der Waals surface area contributed by atoms with Crippen molar-refractivity contribution >= 4 is 17.6 Å². The molecule has 0 heterocycles. The van der Waals surface area contributed by atoms with Gasteiger partial charge in [-0.3, -0.25) is 4.79 Å². The zero-order valence-electron chi connectivity index (χ0n) is 10.8. The molecule has 98 valence electrons. The van der Waals surface area contributed by atoms with Gasteiger partial charge >= 0.3 is 5.97 Å². The van der Waals surface area contributed by atoms with Gasteiger partial charge < -0.3 is 9.84 Å². The molecule has 1 aliphatic rings. The molecule has 1 aromatic carbocycles. The number of hydrogen-bond acceptors (Lipinski definition) is 2. The Hall–Kier alpha value is -1.22. The number of methoxy groups -OCH3 is 1.